The van der Waals surface area contributed by atoms with Gasteiger partial charge in [0.05, 0.1) is 19.3 Å². The Morgan fingerprint density at radius 1 is 1.43 bits per heavy atom. The maximum atomic E-state index is 13.0. The molecule has 1 aliphatic rings. The van der Waals surface area contributed by atoms with Gasteiger partial charge >= 0.3 is 0 Å². The number of nitrogens with zero attached hydrogens (tertiary/aromatic N) is 1. The Hall–Kier alpha value is -2.41. The molecule has 0 aliphatic carbocycles. The van der Waals surface area contributed by atoms with Crippen LogP contribution in [0.15, 0.2) is 34.9 Å². The van der Waals surface area contributed by atoms with Gasteiger partial charge in [-0.15, -0.1) is 0 Å². The Balaban J connectivity index is 1.60. The molecule has 0 radical (unpaired) electrons. The minimum Gasteiger partial charge on any atom is -0.479 e. The third-order valence-corrected chi connectivity index (χ3v) is 3.86. The molecule has 1 aliphatic heterocycles. The number of hydrogen-bond acceptors (Lipinski definition) is 5. The van der Waals surface area contributed by atoms with Crippen LogP contribution in [0.25, 0.3) is 0 Å². The standard InChI is InChI=1S/C16H17FN2O4/c1-21-14-8-13(23-19-14)16(20)18-9-11-6-7-22-15(11)10-2-4-12(17)5-3-10/h2-5,8,11,15H,6-7,9H2,1H3,(H,18,20)/t11-,15-/m0/s1. The first kappa shape index (κ1) is 15.5. The van der Waals surface area contributed by atoms with E-state index >= 15 is 0 Å². The summed E-state index contributed by atoms with van der Waals surface area (Å²) in [5, 5.41) is 6.40. The van der Waals surface area contributed by atoms with E-state index in [0.29, 0.717) is 13.2 Å². The highest BCUT2D eigenvalue weighted by atomic mass is 19.1. The fraction of sp³-hybridized carbons (Fsp3) is 0.375. The van der Waals surface area contributed by atoms with Gasteiger partial charge in [-0.3, -0.25) is 4.79 Å². The van der Waals surface area contributed by atoms with Gasteiger partial charge in [-0.2, -0.15) is 0 Å². The van der Waals surface area contributed by atoms with E-state index in [9.17, 15) is 9.18 Å². The van der Waals surface area contributed by atoms with Crippen molar-refractivity contribution in [2.24, 2.45) is 5.92 Å². The molecule has 1 amide bonds. The summed E-state index contributed by atoms with van der Waals surface area (Å²) >= 11 is 0. The zero-order valence-electron chi connectivity index (χ0n) is 12.6. The van der Waals surface area contributed by atoms with Crippen LogP contribution in [-0.4, -0.2) is 31.3 Å². The average molecular weight is 320 g/mol. The average Bonchev–Trinajstić information content (AvgIpc) is 3.22. The van der Waals surface area contributed by atoms with E-state index in [1.54, 1.807) is 12.1 Å². The Bertz CT molecular complexity index is 671. The van der Waals surface area contributed by atoms with E-state index in [2.05, 4.69) is 10.5 Å². The molecular weight excluding hydrogens is 303 g/mol. The smallest absolute Gasteiger partial charge is 0.290 e. The largest absolute Gasteiger partial charge is 0.479 e. The second kappa shape index (κ2) is 6.78. The van der Waals surface area contributed by atoms with Crippen LogP contribution in [0.3, 0.4) is 0 Å². The van der Waals surface area contributed by atoms with Crippen LogP contribution in [0.4, 0.5) is 4.39 Å². The van der Waals surface area contributed by atoms with Crippen LogP contribution >= 0.6 is 0 Å². The van der Waals surface area contributed by atoms with Gasteiger partial charge in [0.25, 0.3) is 11.8 Å². The van der Waals surface area contributed by atoms with Crippen LogP contribution in [0, 0.1) is 11.7 Å². The number of hydrogen-bond donors (Lipinski definition) is 1. The molecule has 1 aromatic heterocycles. The highest BCUT2D eigenvalue weighted by molar-refractivity contribution is 5.91. The van der Waals surface area contributed by atoms with Crippen molar-refractivity contribution in [2.45, 2.75) is 12.5 Å². The second-order valence-corrected chi connectivity index (χ2v) is 5.34. The number of halogens is 1. The summed E-state index contributed by atoms with van der Waals surface area (Å²) in [5.74, 6) is -0.168. The molecule has 2 aromatic rings. The summed E-state index contributed by atoms with van der Waals surface area (Å²) in [6.45, 7) is 1.04. The zero-order valence-corrected chi connectivity index (χ0v) is 12.6. The molecule has 1 fully saturated rings. The van der Waals surface area contributed by atoms with Gasteiger partial charge in [0.15, 0.2) is 0 Å². The molecule has 1 N–H and O–H groups in total. The molecule has 7 heteroatoms. The minimum absolute atomic E-state index is 0.0964. The van der Waals surface area contributed by atoms with Crippen molar-refractivity contribution in [3.8, 4) is 5.88 Å². The number of nitrogens with one attached hydrogen (secondary N) is 1. The molecule has 0 spiro atoms. The zero-order chi connectivity index (χ0) is 16.2. The maximum Gasteiger partial charge on any atom is 0.290 e. The molecule has 2 atom stereocenters. The van der Waals surface area contributed by atoms with Crippen LogP contribution in [0.2, 0.25) is 0 Å². The minimum atomic E-state index is -0.356. The van der Waals surface area contributed by atoms with E-state index < -0.39 is 0 Å². The third kappa shape index (κ3) is 3.50. The SMILES string of the molecule is COc1cc(C(=O)NC[C@@H]2CCO[C@H]2c2ccc(F)cc2)on1. The van der Waals surface area contributed by atoms with Crippen LogP contribution in [0.1, 0.15) is 28.6 Å². The number of carbonyl (C=O) groups is 1. The first-order valence-corrected chi connectivity index (χ1v) is 7.33. The first-order valence-electron chi connectivity index (χ1n) is 7.33. The summed E-state index contributed by atoms with van der Waals surface area (Å²) in [4.78, 5) is 12.0. The molecular formula is C16H17FN2O4. The molecule has 0 saturated carbocycles. The first-order chi connectivity index (χ1) is 11.2. The maximum absolute atomic E-state index is 13.0. The number of rotatable bonds is 5. The van der Waals surface area contributed by atoms with E-state index in [1.165, 1.54) is 25.3 Å². The monoisotopic (exact) mass is 320 g/mol. The molecule has 1 aromatic carbocycles. The van der Waals surface area contributed by atoms with Gasteiger partial charge in [-0.25, -0.2) is 4.39 Å². The van der Waals surface area contributed by atoms with Crippen molar-refractivity contribution in [2.75, 3.05) is 20.3 Å². The van der Waals surface area contributed by atoms with Crippen LogP contribution in [-0.2, 0) is 4.74 Å². The van der Waals surface area contributed by atoms with Crippen LogP contribution in [0.5, 0.6) is 5.88 Å². The fourth-order valence-electron chi connectivity index (χ4n) is 2.64. The van der Waals surface area contributed by atoms with E-state index in [4.69, 9.17) is 14.0 Å². The molecule has 122 valence electrons. The highest BCUT2D eigenvalue weighted by Crippen LogP contribution is 2.34. The van der Waals surface area contributed by atoms with Crippen molar-refractivity contribution >= 4 is 5.91 Å². The molecule has 2 heterocycles. The fourth-order valence-corrected chi connectivity index (χ4v) is 2.64. The predicted molar refractivity (Wildman–Crippen MR) is 78.6 cm³/mol. The molecule has 6 nitrogen and oxygen atoms in total. The molecule has 0 bridgehead atoms. The number of benzene rings is 1. The lowest BCUT2D eigenvalue weighted by molar-refractivity contribution is 0.0827. The van der Waals surface area contributed by atoms with Crippen molar-refractivity contribution in [3.63, 3.8) is 0 Å². The normalized spacial score (nSPS) is 20.4. The lowest BCUT2D eigenvalue weighted by atomic mass is 9.95. The Morgan fingerprint density at radius 2 is 2.22 bits per heavy atom. The number of amides is 1. The number of methoxy groups -OCH3 is 1. The highest BCUT2D eigenvalue weighted by Gasteiger charge is 2.30. The summed E-state index contributed by atoms with van der Waals surface area (Å²) in [7, 11) is 1.45. The Kier molecular flexibility index (Phi) is 4.57. The number of ether oxygens (including phenoxy) is 2. The molecule has 1 saturated heterocycles. The Labute approximate surface area is 132 Å². The third-order valence-electron chi connectivity index (χ3n) is 3.86. The summed E-state index contributed by atoms with van der Waals surface area (Å²) in [5.41, 5.74) is 0.907. The van der Waals surface area contributed by atoms with Crippen molar-refractivity contribution in [1.29, 1.82) is 0 Å². The van der Waals surface area contributed by atoms with Crippen molar-refractivity contribution < 1.29 is 23.2 Å². The lowest BCUT2D eigenvalue weighted by Crippen LogP contribution is -2.30. The quantitative estimate of drug-likeness (QED) is 0.915. The van der Waals surface area contributed by atoms with Gasteiger partial charge in [-0.05, 0) is 29.3 Å². The van der Waals surface area contributed by atoms with Gasteiger partial charge in [0.2, 0.25) is 5.76 Å². The number of aromatic nitrogens is 1. The van der Waals surface area contributed by atoms with Crippen molar-refractivity contribution in [3.05, 3.63) is 47.5 Å². The van der Waals surface area contributed by atoms with Gasteiger partial charge < -0.3 is 19.3 Å². The second-order valence-electron chi connectivity index (χ2n) is 5.34. The van der Waals surface area contributed by atoms with Gasteiger partial charge in [-0.1, -0.05) is 12.1 Å². The lowest BCUT2D eigenvalue weighted by Gasteiger charge is -2.19. The molecule has 0 unspecified atom stereocenters. The van der Waals surface area contributed by atoms with Gasteiger partial charge in [0.1, 0.15) is 5.82 Å². The predicted octanol–water partition coefficient (Wildman–Crippen LogP) is 2.33. The summed E-state index contributed by atoms with van der Waals surface area (Å²) < 4.78 is 28.5. The van der Waals surface area contributed by atoms with E-state index in [-0.39, 0.29) is 35.4 Å². The van der Waals surface area contributed by atoms with Gasteiger partial charge in [0, 0.05) is 19.1 Å². The summed E-state index contributed by atoms with van der Waals surface area (Å²) in [6.07, 6.45) is 0.669. The van der Waals surface area contributed by atoms with Crippen molar-refractivity contribution in [1.82, 2.24) is 10.5 Å². The van der Waals surface area contributed by atoms with E-state index in [1.807, 2.05) is 0 Å². The molecule has 3 rings (SSSR count). The van der Waals surface area contributed by atoms with E-state index in [0.717, 1.165) is 12.0 Å². The Morgan fingerprint density at radius 3 is 2.91 bits per heavy atom. The topological polar surface area (TPSA) is 73.6 Å². The summed E-state index contributed by atoms with van der Waals surface area (Å²) in [6, 6.07) is 7.67. The van der Waals surface area contributed by atoms with Crippen LogP contribution < -0.4 is 10.1 Å². The number of carbonyl (C=O) groups excluding carboxylic acids is 1. The molecule has 23 heavy (non-hydrogen) atoms.